The van der Waals surface area contributed by atoms with Crippen molar-refractivity contribution in [2.75, 3.05) is 0 Å². The van der Waals surface area contributed by atoms with Crippen LogP contribution >= 0.6 is 0 Å². The Kier molecular flexibility index (Phi) is 4.46. The topological polar surface area (TPSA) is 86.7 Å². The summed E-state index contributed by atoms with van der Waals surface area (Å²) in [6, 6.07) is 0. The molecule has 0 aliphatic heterocycles. The van der Waals surface area contributed by atoms with E-state index in [4.69, 9.17) is 0 Å². The molecule has 6 nitrogen and oxygen atoms in total. The molecular formula is C6H10O6S2. The van der Waals surface area contributed by atoms with E-state index >= 15 is 0 Å². The number of hydrogen-bond donors (Lipinski definition) is 0. The summed E-state index contributed by atoms with van der Waals surface area (Å²) in [6.45, 7) is 7.04. The second-order valence-electron chi connectivity index (χ2n) is 2.08. The van der Waals surface area contributed by atoms with Crippen LogP contribution in [0.15, 0.2) is 24.0 Å². The Morgan fingerprint density at radius 1 is 1.00 bits per heavy atom. The first-order valence-electron chi connectivity index (χ1n) is 3.34. The quantitative estimate of drug-likeness (QED) is 0.492. The van der Waals surface area contributed by atoms with Crippen molar-refractivity contribution >= 4 is 20.2 Å². The van der Waals surface area contributed by atoms with Gasteiger partial charge < -0.3 is 0 Å². The van der Waals surface area contributed by atoms with Gasteiger partial charge >= 0.3 is 0 Å². The van der Waals surface area contributed by atoms with Gasteiger partial charge in [-0.1, -0.05) is 13.2 Å². The Morgan fingerprint density at radius 3 is 1.50 bits per heavy atom. The van der Waals surface area contributed by atoms with E-state index in [9.17, 15) is 16.8 Å². The molecule has 0 bridgehead atoms. The van der Waals surface area contributed by atoms with Gasteiger partial charge in [0.05, 0.1) is 10.8 Å². The molecule has 0 aliphatic rings. The SMILES string of the molecule is C=CS(=O)(=O)OC(C)OS(=O)(=O)C=C. The lowest BCUT2D eigenvalue weighted by atomic mass is 10.8. The molecule has 0 saturated heterocycles. The van der Waals surface area contributed by atoms with Crippen LogP contribution in [-0.2, 0) is 28.6 Å². The molecule has 0 aromatic rings. The smallest absolute Gasteiger partial charge is 0.234 e. The maximum atomic E-state index is 10.7. The van der Waals surface area contributed by atoms with E-state index in [-0.39, 0.29) is 0 Å². The molecule has 0 heterocycles. The fourth-order valence-corrected chi connectivity index (χ4v) is 1.51. The first-order chi connectivity index (χ1) is 6.22. The highest BCUT2D eigenvalue weighted by Gasteiger charge is 2.17. The Hall–Kier alpha value is -0.700. The molecule has 0 radical (unpaired) electrons. The second-order valence-corrected chi connectivity index (χ2v) is 5.10. The molecule has 0 spiro atoms. The Morgan fingerprint density at radius 2 is 1.29 bits per heavy atom. The Labute approximate surface area is 83.1 Å². The van der Waals surface area contributed by atoms with Crippen LogP contribution in [0.4, 0.5) is 0 Å². The highest BCUT2D eigenvalue weighted by atomic mass is 32.2. The zero-order valence-electron chi connectivity index (χ0n) is 7.41. The standard InChI is InChI=1S/C6H10O6S2/c1-4-13(7,8)11-6(3)12-14(9,10)5-2/h4-6H,1-2H2,3H3. The molecule has 0 N–H and O–H groups in total. The Balaban J connectivity index is 4.48. The largest absolute Gasteiger partial charge is 0.291 e. The van der Waals surface area contributed by atoms with Crippen molar-refractivity contribution < 1.29 is 25.2 Å². The lowest BCUT2D eigenvalue weighted by Gasteiger charge is -2.09. The molecule has 8 heteroatoms. The van der Waals surface area contributed by atoms with Crippen LogP contribution in [0.3, 0.4) is 0 Å². The minimum absolute atomic E-state index is 0.535. The predicted octanol–water partition coefficient (Wildman–Crippen LogP) is 0.312. The van der Waals surface area contributed by atoms with E-state index in [0.717, 1.165) is 6.92 Å². The van der Waals surface area contributed by atoms with Gasteiger partial charge in [0.2, 0.25) is 0 Å². The first kappa shape index (κ1) is 13.3. The van der Waals surface area contributed by atoms with E-state index in [1.54, 1.807) is 0 Å². The van der Waals surface area contributed by atoms with Gasteiger partial charge in [0.25, 0.3) is 20.2 Å². The van der Waals surface area contributed by atoms with E-state index in [1.165, 1.54) is 0 Å². The van der Waals surface area contributed by atoms with Crippen molar-refractivity contribution in [2.45, 2.75) is 13.2 Å². The second kappa shape index (κ2) is 4.69. The van der Waals surface area contributed by atoms with Gasteiger partial charge in [-0.2, -0.15) is 16.8 Å². The van der Waals surface area contributed by atoms with Crippen LogP contribution in [0.25, 0.3) is 0 Å². The van der Waals surface area contributed by atoms with Crippen molar-refractivity contribution in [1.82, 2.24) is 0 Å². The third-order valence-electron chi connectivity index (χ3n) is 0.948. The van der Waals surface area contributed by atoms with Crippen LogP contribution in [0.2, 0.25) is 0 Å². The summed E-state index contributed by atoms with van der Waals surface area (Å²) >= 11 is 0. The molecule has 14 heavy (non-hydrogen) atoms. The van der Waals surface area contributed by atoms with E-state index < -0.39 is 26.5 Å². The molecule has 82 valence electrons. The zero-order chi connectivity index (χ0) is 11.4. The highest BCUT2D eigenvalue weighted by molar-refractivity contribution is 7.90. The molecule has 0 amide bonds. The van der Waals surface area contributed by atoms with Gasteiger partial charge in [0, 0.05) is 0 Å². The summed E-state index contributed by atoms with van der Waals surface area (Å²) in [6.07, 6.45) is -1.46. The molecule has 0 unspecified atom stereocenters. The van der Waals surface area contributed by atoms with Crippen LogP contribution in [0.1, 0.15) is 6.92 Å². The highest BCUT2D eigenvalue weighted by Crippen LogP contribution is 2.06. The molecular weight excluding hydrogens is 232 g/mol. The molecule has 0 aliphatic carbocycles. The van der Waals surface area contributed by atoms with Gasteiger partial charge in [-0.25, -0.2) is 8.37 Å². The third-order valence-corrected chi connectivity index (χ3v) is 2.84. The molecule has 0 rings (SSSR count). The van der Waals surface area contributed by atoms with Crippen molar-refractivity contribution in [2.24, 2.45) is 0 Å². The molecule has 0 aromatic carbocycles. The lowest BCUT2D eigenvalue weighted by molar-refractivity contribution is 0.0375. The maximum Gasteiger partial charge on any atom is 0.291 e. The summed E-state index contributed by atoms with van der Waals surface area (Å²) in [5.41, 5.74) is 0. The van der Waals surface area contributed by atoms with Crippen LogP contribution in [0, 0.1) is 0 Å². The van der Waals surface area contributed by atoms with Crippen LogP contribution in [-0.4, -0.2) is 23.1 Å². The molecule has 0 fully saturated rings. The van der Waals surface area contributed by atoms with Gasteiger partial charge in [0.15, 0.2) is 6.29 Å². The van der Waals surface area contributed by atoms with E-state index in [0.29, 0.717) is 10.8 Å². The summed E-state index contributed by atoms with van der Waals surface area (Å²) in [4.78, 5) is 0. The summed E-state index contributed by atoms with van der Waals surface area (Å²) in [7, 11) is -7.92. The van der Waals surface area contributed by atoms with Gasteiger partial charge in [-0.05, 0) is 6.92 Å². The van der Waals surface area contributed by atoms with Crippen LogP contribution in [0.5, 0.6) is 0 Å². The zero-order valence-corrected chi connectivity index (χ0v) is 9.05. The fraction of sp³-hybridized carbons (Fsp3) is 0.333. The maximum absolute atomic E-state index is 10.7. The lowest BCUT2D eigenvalue weighted by Crippen LogP contribution is -2.19. The van der Waals surface area contributed by atoms with E-state index in [2.05, 4.69) is 21.5 Å². The number of hydrogen-bond acceptors (Lipinski definition) is 6. The fourth-order valence-electron chi connectivity index (χ4n) is 0.472. The summed E-state index contributed by atoms with van der Waals surface area (Å²) < 4.78 is 51.4. The molecule has 0 saturated carbocycles. The van der Waals surface area contributed by atoms with Gasteiger partial charge in [-0.15, -0.1) is 0 Å². The van der Waals surface area contributed by atoms with Crippen molar-refractivity contribution in [3.8, 4) is 0 Å². The number of rotatable bonds is 6. The third kappa shape index (κ3) is 5.12. The predicted molar refractivity (Wildman–Crippen MR) is 49.9 cm³/mol. The van der Waals surface area contributed by atoms with E-state index in [1.807, 2.05) is 0 Å². The monoisotopic (exact) mass is 242 g/mol. The molecule has 0 atom stereocenters. The van der Waals surface area contributed by atoms with Crippen molar-refractivity contribution in [3.63, 3.8) is 0 Å². The minimum Gasteiger partial charge on any atom is -0.234 e. The summed E-state index contributed by atoms with van der Waals surface area (Å²) in [5, 5.41) is 1.07. The molecule has 0 aromatic heterocycles. The van der Waals surface area contributed by atoms with Crippen LogP contribution < -0.4 is 0 Å². The van der Waals surface area contributed by atoms with Gasteiger partial charge in [-0.3, -0.25) is 0 Å². The average molecular weight is 242 g/mol. The normalized spacial score (nSPS) is 12.7. The first-order valence-corrected chi connectivity index (χ1v) is 6.28. The summed E-state index contributed by atoms with van der Waals surface area (Å²) in [5.74, 6) is 0. The van der Waals surface area contributed by atoms with Gasteiger partial charge in [0.1, 0.15) is 0 Å². The van der Waals surface area contributed by atoms with Crippen molar-refractivity contribution in [1.29, 1.82) is 0 Å². The Bertz CT molecular complexity index is 364. The van der Waals surface area contributed by atoms with Crippen molar-refractivity contribution in [3.05, 3.63) is 24.0 Å². The average Bonchev–Trinajstić information content (AvgIpc) is 2.02. The minimum atomic E-state index is -3.96.